The summed E-state index contributed by atoms with van der Waals surface area (Å²) in [5, 5.41) is 2.12. The predicted molar refractivity (Wildman–Crippen MR) is 107 cm³/mol. The van der Waals surface area contributed by atoms with Gasteiger partial charge >= 0.3 is 0 Å². The van der Waals surface area contributed by atoms with Gasteiger partial charge in [0.15, 0.2) is 0 Å². The highest BCUT2D eigenvalue weighted by molar-refractivity contribution is 7.17. The summed E-state index contributed by atoms with van der Waals surface area (Å²) in [4.78, 5) is 26.5. The maximum atomic E-state index is 13.4. The summed E-state index contributed by atoms with van der Waals surface area (Å²) in [6.07, 6.45) is 5.89. The second kappa shape index (κ2) is 5.41. The molecule has 126 valence electrons. The van der Waals surface area contributed by atoms with E-state index in [0.717, 1.165) is 22.5 Å². The number of nitrogens with zero attached hydrogens (tertiary/aromatic N) is 2. The summed E-state index contributed by atoms with van der Waals surface area (Å²) in [6.45, 7) is 0. The Bertz CT molecular complexity index is 1370. The maximum Gasteiger partial charge on any atom is 0.269 e. The van der Waals surface area contributed by atoms with Crippen LogP contribution in [0.25, 0.3) is 32.4 Å². The molecule has 5 heteroatoms. The van der Waals surface area contributed by atoms with Crippen molar-refractivity contribution in [2.75, 3.05) is 0 Å². The number of rotatable bonds is 2. The minimum Gasteiger partial charge on any atom is -0.342 e. The summed E-state index contributed by atoms with van der Waals surface area (Å²) in [7, 11) is 1.90. The molecule has 0 bridgehead atoms. The average Bonchev–Trinajstić information content (AvgIpc) is 3.09. The molecular weight excluding hydrogens is 344 g/mol. The number of allylic oxidation sites excluding steroid dienone is 4. The fourth-order valence-electron chi connectivity index (χ4n) is 3.46. The van der Waals surface area contributed by atoms with Gasteiger partial charge in [0.1, 0.15) is 5.39 Å². The van der Waals surface area contributed by atoms with Gasteiger partial charge in [-0.2, -0.15) is 0 Å². The second-order valence-corrected chi connectivity index (χ2v) is 7.19. The van der Waals surface area contributed by atoms with Crippen LogP contribution in [-0.2, 0) is 7.05 Å². The summed E-state index contributed by atoms with van der Waals surface area (Å²) in [6, 6.07) is 13.3. The molecule has 0 N–H and O–H groups in total. The standard InChI is InChI=1S/C21H14N2O2S/c1-22-15-10-11-26-20(15)19(24)18-17(22)12-16(13-6-5-7-13)23(21(18)25)14-8-3-2-4-9-14/h2-12H,1H3. The van der Waals surface area contributed by atoms with E-state index in [1.54, 1.807) is 4.57 Å². The first-order valence-electron chi connectivity index (χ1n) is 8.27. The fraction of sp³-hybridized carbons (Fsp3) is 0.0476. The molecule has 26 heavy (non-hydrogen) atoms. The van der Waals surface area contributed by atoms with Crippen LogP contribution in [-0.4, -0.2) is 9.13 Å². The summed E-state index contributed by atoms with van der Waals surface area (Å²) in [5.41, 5.74) is 3.57. The highest BCUT2D eigenvalue weighted by Gasteiger charge is 2.20. The van der Waals surface area contributed by atoms with Gasteiger partial charge in [0.2, 0.25) is 5.43 Å². The van der Waals surface area contributed by atoms with Gasteiger partial charge in [-0.15, -0.1) is 11.3 Å². The van der Waals surface area contributed by atoms with E-state index in [4.69, 9.17) is 0 Å². The molecule has 0 saturated carbocycles. The predicted octanol–water partition coefficient (Wildman–Crippen LogP) is 3.86. The Morgan fingerprint density at radius 2 is 1.77 bits per heavy atom. The number of thiophene rings is 1. The van der Waals surface area contributed by atoms with E-state index >= 15 is 0 Å². The Morgan fingerprint density at radius 3 is 2.46 bits per heavy atom. The summed E-state index contributed by atoms with van der Waals surface area (Å²) in [5.74, 6) is 0. The highest BCUT2D eigenvalue weighted by Crippen LogP contribution is 2.27. The third-order valence-corrected chi connectivity index (χ3v) is 5.75. The van der Waals surface area contributed by atoms with Gasteiger partial charge in [0.25, 0.3) is 5.56 Å². The number of hydrogen-bond donors (Lipinski definition) is 0. The van der Waals surface area contributed by atoms with Crippen LogP contribution in [0.4, 0.5) is 0 Å². The van der Waals surface area contributed by atoms with Crippen molar-refractivity contribution >= 4 is 38.0 Å². The highest BCUT2D eigenvalue weighted by atomic mass is 32.1. The van der Waals surface area contributed by atoms with Gasteiger partial charge in [0, 0.05) is 12.7 Å². The van der Waals surface area contributed by atoms with Crippen LogP contribution in [0, 0.1) is 0 Å². The summed E-state index contributed by atoms with van der Waals surface area (Å²) < 4.78 is 4.19. The minimum atomic E-state index is -0.277. The third-order valence-electron chi connectivity index (χ3n) is 4.85. The molecule has 1 aromatic carbocycles. The monoisotopic (exact) mass is 358 g/mol. The van der Waals surface area contributed by atoms with Gasteiger partial charge in [-0.1, -0.05) is 36.4 Å². The van der Waals surface area contributed by atoms with Crippen LogP contribution in [0.5, 0.6) is 0 Å². The Labute approximate surface area is 152 Å². The summed E-state index contributed by atoms with van der Waals surface area (Å²) >= 11 is 1.38. The van der Waals surface area contributed by atoms with Crippen LogP contribution >= 0.6 is 11.3 Å². The Kier molecular flexibility index (Phi) is 3.14. The lowest BCUT2D eigenvalue weighted by atomic mass is 10.0. The number of aromatic nitrogens is 2. The van der Waals surface area contributed by atoms with Gasteiger partial charge in [-0.05, 0) is 35.2 Å². The molecule has 0 spiro atoms. The molecule has 0 radical (unpaired) electrons. The largest absolute Gasteiger partial charge is 0.342 e. The van der Waals surface area contributed by atoms with E-state index in [0.29, 0.717) is 10.2 Å². The van der Waals surface area contributed by atoms with Crippen LogP contribution in [0.15, 0.2) is 75.7 Å². The molecule has 3 heterocycles. The lowest BCUT2D eigenvalue weighted by Crippen LogP contribution is -2.27. The second-order valence-electron chi connectivity index (χ2n) is 6.27. The van der Waals surface area contributed by atoms with E-state index in [9.17, 15) is 9.59 Å². The number of hydrogen-bond acceptors (Lipinski definition) is 3. The smallest absolute Gasteiger partial charge is 0.269 e. The van der Waals surface area contributed by atoms with Crippen molar-refractivity contribution in [3.63, 3.8) is 0 Å². The first kappa shape index (κ1) is 15.1. The fourth-order valence-corrected chi connectivity index (χ4v) is 4.33. The Morgan fingerprint density at radius 1 is 1.00 bits per heavy atom. The SMILES string of the molecule is Cn1c2ccsc2c(=O)c2c(=O)n(-c3ccccc3)c(C3=CC=C3)cc21. The Balaban J connectivity index is 2.02. The topological polar surface area (TPSA) is 44.0 Å². The molecule has 0 atom stereocenters. The van der Waals surface area contributed by atoms with Crippen molar-refractivity contribution < 1.29 is 0 Å². The van der Waals surface area contributed by atoms with E-state index < -0.39 is 0 Å². The number of benzene rings is 1. The lowest BCUT2D eigenvalue weighted by molar-refractivity contribution is 0.956. The zero-order valence-corrected chi connectivity index (χ0v) is 14.8. The van der Waals surface area contributed by atoms with Crippen molar-refractivity contribution in [1.29, 1.82) is 0 Å². The molecular formula is C21H14N2O2S. The molecule has 1 aliphatic rings. The molecule has 0 unspecified atom stereocenters. The van der Waals surface area contributed by atoms with Crippen LogP contribution < -0.4 is 11.0 Å². The van der Waals surface area contributed by atoms with Gasteiger partial charge in [-0.3, -0.25) is 14.2 Å². The van der Waals surface area contributed by atoms with E-state index in [2.05, 4.69) is 0 Å². The van der Waals surface area contributed by atoms with Crippen LogP contribution in [0.3, 0.4) is 0 Å². The Hall–Kier alpha value is -3.18. The van der Waals surface area contributed by atoms with E-state index in [-0.39, 0.29) is 16.4 Å². The van der Waals surface area contributed by atoms with Crippen molar-refractivity contribution in [3.8, 4) is 5.69 Å². The quantitative estimate of drug-likeness (QED) is 0.546. The van der Waals surface area contributed by atoms with Gasteiger partial charge in [0.05, 0.1) is 21.4 Å². The number of aryl methyl sites for hydroxylation is 1. The zero-order valence-electron chi connectivity index (χ0n) is 14.0. The molecule has 5 rings (SSSR count). The van der Waals surface area contributed by atoms with Crippen molar-refractivity contribution in [1.82, 2.24) is 9.13 Å². The van der Waals surface area contributed by atoms with Crippen molar-refractivity contribution in [3.05, 3.63) is 92.3 Å². The molecule has 0 aliphatic heterocycles. The first-order chi connectivity index (χ1) is 12.7. The molecule has 0 saturated heterocycles. The number of fused-ring (bicyclic) bond motifs is 2. The van der Waals surface area contributed by atoms with Gasteiger partial charge < -0.3 is 4.57 Å². The molecule has 3 aromatic heterocycles. The average molecular weight is 358 g/mol. The molecule has 1 aliphatic carbocycles. The van der Waals surface area contributed by atoms with Crippen molar-refractivity contribution in [2.45, 2.75) is 0 Å². The number of pyridine rings is 2. The number of para-hydroxylation sites is 1. The molecule has 4 nitrogen and oxygen atoms in total. The third kappa shape index (κ3) is 1.95. The van der Waals surface area contributed by atoms with Gasteiger partial charge in [-0.25, -0.2) is 0 Å². The molecule has 0 fully saturated rings. The van der Waals surface area contributed by atoms with E-state index in [1.807, 2.05) is 77.7 Å². The lowest BCUT2D eigenvalue weighted by Gasteiger charge is -2.18. The normalized spacial score (nSPS) is 13.2. The van der Waals surface area contributed by atoms with Crippen LogP contribution in [0.1, 0.15) is 5.69 Å². The van der Waals surface area contributed by atoms with E-state index in [1.165, 1.54) is 11.3 Å². The first-order valence-corrected chi connectivity index (χ1v) is 9.15. The molecule has 4 aromatic rings. The van der Waals surface area contributed by atoms with Crippen LogP contribution in [0.2, 0.25) is 0 Å². The zero-order chi connectivity index (χ0) is 17.8. The van der Waals surface area contributed by atoms with Crippen molar-refractivity contribution in [2.24, 2.45) is 7.05 Å². The maximum absolute atomic E-state index is 13.4. The molecule has 0 amide bonds. The minimum absolute atomic E-state index is 0.192.